The monoisotopic (exact) mass is 279 g/mol. The first-order valence-electron chi connectivity index (χ1n) is 8.49. The van der Waals surface area contributed by atoms with Gasteiger partial charge in [0.25, 0.3) is 0 Å². The fourth-order valence-corrected chi connectivity index (χ4v) is 4.45. The smallest absolute Gasteiger partial charge is 0.226 e. The van der Waals surface area contributed by atoms with Crippen molar-refractivity contribution in [3.8, 4) is 0 Å². The van der Waals surface area contributed by atoms with Crippen LogP contribution in [0, 0.1) is 5.92 Å². The third kappa shape index (κ3) is 2.73. The fourth-order valence-electron chi connectivity index (χ4n) is 4.45. The van der Waals surface area contributed by atoms with E-state index in [0.29, 0.717) is 18.0 Å². The summed E-state index contributed by atoms with van der Waals surface area (Å²) in [5.41, 5.74) is 6.07. The van der Waals surface area contributed by atoms with Gasteiger partial charge in [0.2, 0.25) is 5.91 Å². The molecule has 0 aromatic rings. The van der Waals surface area contributed by atoms with Crippen LogP contribution in [0.15, 0.2) is 0 Å². The number of nitrogens with two attached hydrogens (primary N) is 1. The van der Waals surface area contributed by atoms with E-state index in [0.717, 1.165) is 51.7 Å². The number of carbonyl (C=O) groups excluding carboxylic acids is 1. The molecule has 1 amide bonds. The first kappa shape index (κ1) is 14.3. The van der Waals surface area contributed by atoms with Crippen LogP contribution < -0.4 is 5.73 Å². The Kier molecular flexibility index (Phi) is 4.32. The molecule has 4 atom stereocenters. The number of rotatable bonds is 2. The molecule has 0 radical (unpaired) electrons. The van der Waals surface area contributed by atoms with Crippen molar-refractivity contribution in [3.63, 3.8) is 0 Å². The minimum absolute atomic E-state index is 0.204. The van der Waals surface area contributed by atoms with Gasteiger partial charge in [0.05, 0.1) is 0 Å². The van der Waals surface area contributed by atoms with Crippen LogP contribution in [0.4, 0.5) is 0 Å². The number of hydrogen-bond acceptors (Lipinski definition) is 3. The number of carbonyl (C=O) groups is 1. The van der Waals surface area contributed by atoms with Crippen LogP contribution in [-0.4, -0.2) is 53.5 Å². The molecule has 3 aliphatic rings. The van der Waals surface area contributed by atoms with Crippen molar-refractivity contribution in [2.75, 3.05) is 19.6 Å². The van der Waals surface area contributed by atoms with Crippen LogP contribution in [0.2, 0.25) is 0 Å². The van der Waals surface area contributed by atoms with Gasteiger partial charge >= 0.3 is 0 Å². The molecule has 4 nitrogen and oxygen atoms in total. The number of likely N-dealkylation sites (N-methyl/N-ethyl adjacent to an activating group) is 1. The van der Waals surface area contributed by atoms with Gasteiger partial charge in [-0.2, -0.15) is 0 Å². The molecule has 2 aliphatic heterocycles. The number of hydrogen-bond donors (Lipinski definition) is 1. The third-order valence-corrected chi connectivity index (χ3v) is 5.63. The minimum Gasteiger partial charge on any atom is -0.335 e. The summed E-state index contributed by atoms with van der Waals surface area (Å²) in [7, 11) is 0. The standard InChI is InChI=1S/C16H29N3O/c1-2-18-9-8-14-6-7-15(11-18)19(14)16(20)12-4-3-5-13(17)10-12/h12-15H,2-11,17H2,1H3. The van der Waals surface area contributed by atoms with E-state index in [1.54, 1.807) is 0 Å². The summed E-state index contributed by atoms with van der Waals surface area (Å²) < 4.78 is 0. The summed E-state index contributed by atoms with van der Waals surface area (Å²) in [6.45, 7) is 5.58. The van der Waals surface area contributed by atoms with Crippen molar-refractivity contribution in [3.05, 3.63) is 0 Å². The predicted molar refractivity (Wildman–Crippen MR) is 80.3 cm³/mol. The summed E-state index contributed by atoms with van der Waals surface area (Å²) in [6.07, 6.45) is 7.77. The minimum atomic E-state index is 0.204. The molecule has 2 heterocycles. The first-order chi connectivity index (χ1) is 9.69. The predicted octanol–water partition coefficient (Wildman–Crippen LogP) is 1.59. The average molecular weight is 279 g/mol. The second-order valence-corrected chi connectivity index (χ2v) is 6.94. The highest BCUT2D eigenvalue weighted by molar-refractivity contribution is 5.80. The van der Waals surface area contributed by atoms with Gasteiger partial charge in [-0.3, -0.25) is 4.79 Å². The molecular weight excluding hydrogens is 250 g/mol. The average Bonchev–Trinajstić information content (AvgIpc) is 2.73. The Morgan fingerprint density at radius 3 is 2.70 bits per heavy atom. The van der Waals surface area contributed by atoms with E-state index in [1.807, 2.05) is 0 Å². The van der Waals surface area contributed by atoms with Gasteiger partial charge in [0.15, 0.2) is 0 Å². The maximum Gasteiger partial charge on any atom is 0.226 e. The van der Waals surface area contributed by atoms with Crippen LogP contribution >= 0.6 is 0 Å². The Morgan fingerprint density at radius 2 is 1.95 bits per heavy atom. The second-order valence-electron chi connectivity index (χ2n) is 6.94. The lowest BCUT2D eigenvalue weighted by Gasteiger charge is -2.35. The summed E-state index contributed by atoms with van der Waals surface area (Å²) in [5.74, 6) is 0.626. The number of nitrogens with zero attached hydrogens (tertiary/aromatic N) is 2. The van der Waals surface area contributed by atoms with Crippen molar-refractivity contribution in [1.29, 1.82) is 0 Å². The summed E-state index contributed by atoms with van der Waals surface area (Å²) in [6, 6.07) is 1.21. The third-order valence-electron chi connectivity index (χ3n) is 5.63. The maximum atomic E-state index is 13.0. The van der Waals surface area contributed by atoms with Gasteiger partial charge in [-0.1, -0.05) is 13.3 Å². The lowest BCUT2D eigenvalue weighted by atomic mass is 9.85. The molecule has 1 saturated carbocycles. The van der Waals surface area contributed by atoms with E-state index in [-0.39, 0.29) is 12.0 Å². The molecule has 4 unspecified atom stereocenters. The second kappa shape index (κ2) is 6.02. The molecule has 0 spiro atoms. The van der Waals surface area contributed by atoms with Crippen molar-refractivity contribution in [1.82, 2.24) is 9.80 Å². The van der Waals surface area contributed by atoms with Crippen LogP contribution in [0.25, 0.3) is 0 Å². The van der Waals surface area contributed by atoms with Crippen molar-refractivity contribution in [2.24, 2.45) is 11.7 Å². The SMILES string of the molecule is CCN1CCC2CCC(C1)N2C(=O)C1CCCC(N)C1. The molecule has 20 heavy (non-hydrogen) atoms. The molecule has 1 aliphatic carbocycles. The van der Waals surface area contributed by atoms with E-state index in [1.165, 1.54) is 12.8 Å². The van der Waals surface area contributed by atoms with E-state index in [9.17, 15) is 4.79 Å². The molecule has 2 saturated heterocycles. The normalized spacial score (nSPS) is 38.8. The van der Waals surface area contributed by atoms with Crippen LogP contribution in [0.3, 0.4) is 0 Å². The lowest BCUT2D eigenvalue weighted by Crippen LogP contribution is -2.47. The summed E-state index contributed by atoms with van der Waals surface area (Å²) in [4.78, 5) is 17.7. The zero-order valence-electron chi connectivity index (χ0n) is 12.8. The molecule has 3 rings (SSSR count). The van der Waals surface area contributed by atoms with Gasteiger partial charge in [-0.15, -0.1) is 0 Å². The van der Waals surface area contributed by atoms with Crippen molar-refractivity contribution in [2.45, 2.75) is 70.0 Å². The van der Waals surface area contributed by atoms with E-state index < -0.39 is 0 Å². The molecule has 0 aromatic carbocycles. The fraction of sp³-hybridized carbons (Fsp3) is 0.938. The Balaban J connectivity index is 1.70. The highest BCUT2D eigenvalue weighted by Crippen LogP contribution is 2.34. The molecule has 2 bridgehead atoms. The molecule has 2 N–H and O–H groups in total. The highest BCUT2D eigenvalue weighted by Gasteiger charge is 2.42. The van der Waals surface area contributed by atoms with Crippen LogP contribution in [-0.2, 0) is 4.79 Å². The van der Waals surface area contributed by atoms with Gasteiger partial charge in [0, 0.05) is 37.1 Å². The molecule has 4 heteroatoms. The molecular formula is C16H29N3O. The zero-order valence-corrected chi connectivity index (χ0v) is 12.8. The van der Waals surface area contributed by atoms with Crippen LogP contribution in [0.5, 0.6) is 0 Å². The Hall–Kier alpha value is -0.610. The summed E-state index contributed by atoms with van der Waals surface area (Å²) in [5, 5.41) is 0. The van der Waals surface area contributed by atoms with E-state index in [4.69, 9.17) is 5.73 Å². The Labute approximate surface area is 122 Å². The van der Waals surface area contributed by atoms with Gasteiger partial charge in [-0.25, -0.2) is 0 Å². The van der Waals surface area contributed by atoms with E-state index in [2.05, 4.69) is 16.7 Å². The Morgan fingerprint density at radius 1 is 1.15 bits per heavy atom. The lowest BCUT2D eigenvalue weighted by molar-refractivity contribution is -0.139. The van der Waals surface area contributed by atoms with Gasteiger partial charge in [-0.05, 0) is 45.1 Å². The van der Waals surface area contributed by atoms with Gasteiger partial charge < -0.3 is 15.5 Å². The first-order valence-corrected chi connectivity index (χ1v) is 8.49. The van der Waals surface area contributed by atoms with Crippen LogP contribution in [0.1, 0.15) is 51.9 Å². The topological polar surface area (TPSA) is 49.6 Å². The molecule has 3 fully saturated rings. The number of amides is 1. The summed E-state index contributed by atoms with van der Waals surface area (Å²) >= 11 is 0. The highest BCUT2D eigenvalue weighted by atomic mass is 16.2. The van der Waals surface area contributed by atoms with Crippen molar-refractivity contribution >= 4 is 5.91 Å². The largest absolute Gasteiger partial charge is 0.335 e. The number of likely N-dealkylation sites (tertiary alicyclic amines) is 1. The molecule has 0 aromatic heterocycles. The molecule has 114 valence electrons. The zero-order chi connectivity index (χ0) is 14.1. The quantitative estimate of drug-likeness (QED) is 0.835. The van der Waals surface area contributed by atoms with Gasteiger partial charge in [0.1, 0.15) is 0 Å². The Bertz CT molecular complexity index is 360. The maximum absolute atomic E-state index is 13.0. The van der Waals surface area contributed by atoms with Crippen molar-refractivity contribution < 1.29 is 4.79 Å². The number of fused-ring (bicyclic) bond motifs is 2. The van der Waals surface area contributed by atoms with E-state index >= 15 is 0 Å².